The van der Waals surface area contributed by atoms with E-state index < -0.39 is 13.9 Å². The van der Waals surface area contributed by atoms with Crippen LogP contribution in [-0.2, 0) is 4.43 Å². The molecule has 0 bridgehead atoms. The second-order valence-electron chi connectivity index (χ2n) is 15.2. The smallest absolute Gasteiger partial charge is 0.192 e. The average molecular weight is 587 g/mol. The van der Waals surface area contributed by atoms with E-state index in [1.54, 1.807) is 11.1 Å². The van der Waals surface area contributed by atoms with Gasteiger partial charge in [-0.1, -0.05) is 95.6 Å². The Hall–Kier alpha value is -0.593. The first-order valence-corrected chi connectivity index (χ1v) is 20.0. The van der Waals surface area contributed by atoms with Gasteiger partial charge in [-0.3, -0.25) is 0 Å². The maximum atomic E-state index is 10.9. The van der Waals surface area contributed by atoms with Gasteiger partial charge in [0.05, 0.1) is 17.8 Å². The van der Waals surface area contributed by atoms with Gasteiger partial charge >= 0.3 is 0 Å². The van der Waals surface area contributed by atoms with Crippen LogP contribution in [-0.4, -0.2) is 47.3 Å². The summed E-state index contributed by atoms with van der Waals surface area (Å²) in [7, 11) is -1.99. The number of fused-ring (bicyclic) bond motifs is 5. The monoisotopic (exact) mass is 586 g/mol. The highest BCUT2D eigenvalue weighted by Crippen LogP contribution is 2.65. The van der Waals surface area contributed by atoms with E-state index in [1.807, 2.05) is 17.8 Å². The van der Waals surface area contributed by atoms with Crippen LogP contribution >= 0.6 is 11.8 Å². The van der Waals surface area contributed by atoms with Gasteiger partial charge in [0.1, 0.15) is 0 Å². The van der Waals surface area contributed by atoms with Crippen LogP contribution in [0.5, 0.6) is 0 Å². The fourth-order valence-electron chi connectivity index (χ4n) is 8.02. The molecule has 1 unspecified atom stereocenters. The van der Waals surface area contributed by atoms with Crippen molar-refractivity contribution < 1.29 is 14.6 Å². The van der Waals surface area contributed by atoms with Crippen molar-refractivity contribution in [3.8, 4) is 0 Å². The zero-order valence-electron chi connectivity index (χ0n) is 27.1. The quantitative estimate of drug-likeness (QED) is 0.209. The minimum Gasteiger partial charge on any atom is -0.413 e. The van der Waals surface area contributed by atoms with Gasteiger partial charge in [0.25, 0.3) is 0 Å². The third-order valence-electron chi connectivity index (χ3n) is 12.0. The third-order valence-corrected chi connectivity index (χ3v) is 17.7. The van der Waals surface area contributed by atoms with Crippen molar-refractivity contribution in [3.63, 3.8) is 0 Å². The second-order valence-corrected chi connectivity index (χ2v) is 21.4. The summed E-state index contributed by atoms with van der Waals surface area (Å²) < 4.78 is 7.20. The van der Waals surface area contributed by atoms with Gasteiger partial charge in [-0.25, -0.2) is 0 Å². The molecule has 3 nitrogen and oxygen atoms in total. The lowest BCUT2D eigenvalue weighted by molar-refractivity contribution is -0.0417. The van der Waals surface area contributed by atoms with Crippen LogP contribution in [0, 0.1) is 22.7 Å². The molecule has 0 aliphatic heterocycles. The summed E-state index contributed by atoms with van der Waals surface area (Å²) in [4.78, 5) is 0. The highest BCUT2D eigenvalue weighted by molar-refractivity contribution is 8.00. The lowest BCUT2D eigenvalue weighted by atomic mass is 9.49. The second kappa shape index (κ2) is 11.5. The standard InChI is InChI=1S/C35H58O3SSi/c1-11-35(37,12-2)19-13-21-39-24(3)28-16-17-29-27-15-14-25-22-26(36)23-31(38-40(9,10)32(4,5)6)34(25,8)30(27)18-20-33(28,29)7/h13-16,19,24,26,29-31,36-37H,11-12,17-18,20-23H2,1-10H3/b19-13+/t24?,26-,29+,30+,31+,33-,34+/m1/s1. The molecular formula is C35H58O3SSi. The topological polar surface area (TPSA) is 49.7 Å². The van der Waals surface area contributed by atoms with Crippen molar-refractivity contribution >= 4 is 20.1 Å². The SMILES string of the molecule is CCC(O)(/C=C/CSC(C)C1=CC[C@H]2C3=CC=C4C[C@@H](O)C[C@H](O[Si](C)(C)C(C)(C)C)[C@]4(C)[C@H]3CC[C@]12C)CC. The summed E-state index contributed by atoms with van der Waals surface area (Å²) >= 11 is 2.00. The zero-order valence-corrected chi connectivity index (χ0v) is 29.0. The predicted octanol–water partition coefficient (Wildman–Crippen LogP) is 9.00. The normalized spacial score (nSPS) is 35.5. The van der Waals surface area contributed by atoms with Gasteiger partial charge in [-0.05, 0) is 87.3 Å². The van der Waals surface area contributed by atoms with E-state index in [1.165, 1.54) is 18.4 Å². The van der Waals surface area contributed by atoms with Crippen LogP contribution < -0.4 is 0 Å². The molecule has 226 valence electrons. The highest BCUT2D eigenvalue weighted by Gasteiger charge is 2.58. The number of aliphatic hydroxyl groups is 2. The van der Waals surface area contributed by atoms with Crippen molar-refractivity contribution in [3.05, 3.63) is 47.1 Å². The number of allylic oxidation sites excluding steroid dienone is 4. The lowest BCUT2D eigenvalue weighted by Crippen LogP contribution is -2.57. The molecule has 7 atom stereocenters. The molecule has 0 spiro atoms. The molecule has 2 N–H and O–H groups in total. The van der Waals surface area contributed by atoms with Crippen molar-refractivity contribution in [1.29, 1.82) is 0 Å². The van der Waals surface area contributed by atoms with E-state index in [0.29, 0.717) is 17.1 Å². The summed E-state index contributed by atoms with van der Waals surface area (Å²) in [6, 6.07) is 0. The molecule has 0 radical (unpaired) electrons. The molecule has 0 amide bonds. The maximum absolute atomic E-state index is 10.9. The Morgan fingerprint density at radius 1 is 1.15 bits per heavy atom. The summed E-state index contributed by atoms with van der Waals surface area (Å²) in [6.07, 6.45) is 18.0. The van der Waals surface area contributed by atoms with Crippen LogP contribution in [0.3, 0.4) is 0 Å². The minimum absolute atomic E-state index is 0.0383. The summed E-state index contributed by atoms with van der Waals surface area (Å²) in [6.45, 7) is 23.2. The molecule has 2 saturated carbocycles. The molecule has 0 heterocycles. The van der Waals surface area contributed by atoms with Crippen LogP contribution in [0.4, 0.5) is 0 Å². The summed E-state index contributed by atoms with van der Waals surface area (Å²) in [5.41, 5.74) is 4.18. The van der Waals surface area contributed by atoms with Gasteiger partial charge in [0, 0.05) is 16.4 Å². The Morgan fingerprint density at radius 3 is 2.45 bits per heavy atom. The van der Waals surface area contributed by atoms with Crippen molar-refractivity contribution in [2.75, 3.05) is 5.75 Å². The van der Waals surface area contributed by atoms with E-state index in [0.717, 1.165) is 37.9 Å². The Bertz CT molecular complexity index is 1060. The first kappa shape index (κ1) is 32.3. The number of hydrogen-bond acceptors (Lipinski definition) is 4. The van der Waals surface area contributed by atoms with Gasteiger partial charge in [0.2, 0.25) is 0 Å². The summed E-state index contributed by atoms with van der Waals surface area (Å²) in [5.74, 6) is 1.98. The van der Waals surface area contributed by atoms with E-state index in [9.17, 15) is 10.2 Å². The Balaban J connectivity index is 1.54. The number of thioether (sulfide) groups is 1. The molecule has 2 fully saturated rings. The summed E-state index contributed by atoms with van der Waals surface area (Å²) in [5, 5.41) is 22.1. The molecule has 4 aliphatic rings. The van der Waals surface area contributed by atoms with E-state index in [4.69, 9.17) is 4.43 Å². The minimum atomic E-state index is -1.99. The van der Waals surface area contributed by atoms with Gasteiger partial charge < -0.3 is 14.6 Å². The molecule has 0 aromatic rings. The van der Waals surface area contributed by atoms with E-state index in [-0.39, 0.29) is 28.1 Å². The van der Waals surface area contributed by atoms with Crippen LogP contribution in [0.25, 0.3) is 0 Å². The average Bonchev–Trinajstić information content (AvgIpc) is 3.23. The first-order chi connectivity index (χ1) is 18.5. The first-order valence-electron chi connectivity index (χ1n) is 16.0. The molecule has 4 rings (SSSR count). The number of aliphatic hydroxyl groups excluding tert-OH is 1. The lowest BCUT2D eigenvalue weighted by Gasteiger charge is -2.58. The molecule has 0 aromatic heterocycles. The third kappa shape index (κ3) is 5.68. The van der Waals surface area contributed by atoms with Crippen LogP contribution in [0.15, 0.2) is 47.1 Å². The number of hydrogen-bond donors (Lipinski definition) is 2. The predicted molar refractivity (Wildman–Crippen MR) is 175 cm³/mol. The highest BCUT2D eigenvalue weighted by atomic mass is 32.2. The Kier molecular flexibility index (Phi) is 9.28. The van der Waals surface area contributed by atoms with Crippen molar-refractivity contribution in [2.24, 2.45) is 22.7 Å². The fourth-order valence-corrected chi connectivity index (χ4v) is 10.5. The number of rotatable bonds is 9. The molecule has 0 aromatic carbocycles. The van der Waals surface area contributed by atoms with Gasteiger partial charge in [-0.15, -0.1) is 0 Å². The van der Waals surface area contributed by atoms with Gasteiger partial charge in [0.15, 0.2) is 8.32 Å². The maximum Gasteiger partial charge on any atom is 0.192 e. The van der Waals surface area contributed by atoms with Crippen LogP contribution in [0.2, 0.25) is 18.1 Å². The molecule has 4 aliphatic carbocycles. The molecule has 0 saturated heterocycles. The van der Waals surface area contributed by atoms with Crippen molar-refractivity contribution in [1.82, 2.24) is 0 Å². The van der Waals surface area contributed by atoms with Crippen LogP contribution in [0.1, 0.15) is 100 Å². The van der Waals surface area contributed by atoms with E-state index in [2.05, 4.69) is 92.8 Å². The van der Waals surface area contributed by atoms with Crippen molar-refractivity contribution in [2.45, 2.75) is 142 Å². The zero-order chi connectivity index (χ0) is 29.7. The largest absolute Gasteiger partial charge is 0.413 e. The Morgan fingerprint density at radius 2 is 1.82 bits per heavy atom. The Labute approximate surface area is 251 Å². The molecule has 5 heteroatoms. The fraction of sp³-hybridized carbons (Fsp3) is 0.771. The molecular weight excluding hydrogens is 529 g/mol. The van der Waals surface area contributed by atoms with Gasteiger partial charge in [-0.2, -0.15) is 11.8 Å². The van der Waals surface area contributed by atoms with E-state index >= 15 is 0 Å². The molecule has 40 heavy (non-hydrogen) atoms.